The van der Waals surface area contributed by atoms with Gasteiger partial charge in [-0.2, -0.15) is 0 Å². The quantitative estimate of drug-likeness (QED) is 0.769. The van der Waals surface area contributed by atoms with Gasteiger partial charge in [0.1, 0.15) is 11.3 Å². The highest BCUT2D eigenvalue weighted by molar-refractivity contribution is 5.96. The molecule has 0 spiro atoms. The Balaban J connectivity index is 1.30. The molecule has 1 aliphatic carbocycles. The van der Waals surface area contributed by atoms with Crippen LogP contribution in [0.25, 0.3) is 0 Å². The number of nitrogens with one attached hydrogen (secondary N) is 1. The van der Waals surface area contributed by atoms with E-state index in [1.807, 2.05) is 9.47 Å². The Morgan fingerprint density at radius 2 is 1.84 bits per heavy atom. The lowest BCUT2D eigenvalue weighted by molar-refractivity contribution is 0.0371. The Bertz CT molecular complexity index is 988. The molecule has 10 heteroatoms. The molecule has 1 N–H and O–H groups in total. The first kappa shape index (κ1) is 21.1. The second kappa shape index (κ2) is 8.65. The maximum atomic E-state index is 13.1. The molecule has 172 valence electrons. The average molecular weight is 442 g/mol. The molecule has 4 heterocycles. The van der Waals surface area contributed by atoms with Crippen LogP contribution in [0.2, 0.25) is 0 Å². The van der Waals surface area contributed by atoms with Crippen LogP contribution in [-0.2, 0) is 6.54 Å². The van der Waals surface area contributed by atoms with Crippen LogP contribution in [0.1, 0.15) is 76.4 Å². The fourth-order valence-corrected chi connectivity index (χ4v) is 5.35. The summed E-state index contributed by atoms with van der Waals surface area (Å²) in [4.78, 5) is 30.2. The summed E-state index contributed by atoms with van der Waals surface area (Å²) in [7, 11) is 0. The first-order chi connectivity index (χ1) is 15.5. The molecular formula is C22H31N7O3. The molecule has 0 radical (unpaired) electrons. The van der Waals surface area contributed by atoms with Gasteiger partial charge in [-0.15, -0.1) is 10.2 Å². The van der Waals surface area contributed by atoms with E-state index in [1.165, 1.54) is 32.1 Å². The SMILES string of the molecule is Cc1noc(C)c1C(=O)N1CCN2CCn3c(C(=O)NCC4CCCCC4)nnc3[C@@H]2C1. The van der Waals surface area contributed by atoms with Crippen molar-refractivity contribution < 1.29 is 14.1 Å². The van der Waals surface area contributed by atoms with Crippen molar-refractivity contribution in [3.63, 3.8) is 0 Å². The van der Waals surface area contributed by atoms with Gasteiger partial charge in [-0.25, -0.2) is 0 Å². The fourth-order valence-electron chi connectivity index (χ4n) is 5.35. The van der Waals surface area contributed by atoms with Gasteiger partial charge < -0.3 is 19.3 Å². The monoisotopic (exact) mass is 441 g/mol. The van der Waals surface area contributed by atoms with E-state index in [2.05, 4.69) is 25.6 Å². The third-order valence-corrected chi connectivity index (χ3v) is 7.19. The normalized spacial score (nSPS) is 21.8. The Morgan fingerprint density at radius 3 is 2.59 bits per heavy atom. The minimum absolute atomic E-state index is 0.0667. The predicted octanol–water partition coefficient (Wildman–Crippen LogP) is 1.71. The largest absolute Gasteiger partial charge is 0.361 e. The molecule has 10 nitrogen and oxygen atoms in total. The zero-order valence-electron chi connectivity index (χ0n) is 18.8. The highest BCUT2D eigenvalue weighted by Crippen LogP contribution is 2.30. The number of hydrogen-bond acceptors (Lipinski definition) is 7. The number of aryl methyl sites for hydroxylation is 2. The first-order valence-corrected chi connectivity index (χ1v) is 11.7. The minimum Gasteiger partial charge on any atom is -0.361 e. The van der Waals surface area contributed by atoms with E-state index in [-0.39, 0.29) is 17.9 Å². The van der Waals surface area contributed by atoms with Crippen LogP contribution in [0.4, 0.5) is 0 Å². The summed E-state index contributed by atoms with van der Waals surface area (Å²) >= 11 is 0. The molecule has 2 aliphatic heterocycles. The Hall–Kier alpha value is -2.75. The second-order valence-electron chi connectivity index (χ2n) is 9.25. The lowest BCUT2D eigenvalue weighted by atomic mass is 9.89. The van der Waals surface area contributed by atoms with Crippen LogP contribution in [-0.4, -0.2) is 74.3 Å². The van der Waals surface area contributed by atoms with Gasteiger partial charge >= 0.3 is 0 Å². The summed E-state index contributed by atoms with van der Waals surface area (Å²) in [6, 6.07) is -0.0747. The molecule has 0 bridgehead atoms. The molecule has 2 amide bonds. The number of amides is 2. The van der Waals surface area contributed by atoms with Gasteiger partial charge in [0.25, 0.3) is 11.8 Å². The number of nitrogens with zero attached hydrogens (tertiary/aromatic N) is 6. The minimum atomic E-state index is -0.151. The lowest BCUT2D eigenvalue weighted by Crippen LogP contribution is -2.54. The van der Waals surface area contributed by atoms with Crippen molar-refractivity contribution in [1.29, 1.82) is 0 Å². The molecule has 32 heavy (non-hydrogen) atoms. The van der Waals surface area contributed by atoms with Crippen LogP contribution in [0.5, 0.6) is 0 Å². The van der Waals surface area contributed by atoms with Crippen LogP contribution in [0.15, 0.2) is 4.52 Å². The smallest absolute Gasteiger partial charge is 0.289 e. The van der Waals surface area contributed by atoms with Crippen molar-refractivity contribution in [2.75, 3.05) is 32.7 Å². The molecule has 0 aromatic carbocycles. The van der Waals surface area contributed by atoms with Crippen molar-refractivity contribution in [2.24, 2.45) is 5.92 Å². The lowest BCUT2D eigenvalue weighted by Gasteiger charge is -2.43. The molecule has 1 atom stereocenters. The Labute approximate surface area is 187 Å². The summed E-state index contributed by atoms with van der Waals surface area (Å²) in [5.74, 6) is 2.03. The van der Waals surface area contributed by atoms with Gasteiger partial charge in [0, 0.05) is 39.3 Å². The zero-order valence-corrected chi connectivity index (χ0v) is 18.8. The van der Waals surface area contributed by atoms with Gasteiger partial charge in [-0.05, 0) is 32.6 Å². The van der Waals surface area contributed by atoms with Crippen LogP contribution in [0, 0.1) is 19.8 Å². The van der Waals surface area contributed by atoms with Gasteiger partial charge in [-0.3, -0.25) is 14.5 Å². The van der Waals surface area contributed by atoms with Crippen LogP contribution >= 0.6 is 0 Å². The van der Waals surface area contributed by atoms with Crippen molar-refractivity contribution in [1.82, 2.24) is 35.0 Å². The van der Waals surface area contributed by atoms with Gasteiger partial charge in [-0.1, -0.05) is 24.4 Å². The number of aromatic nitrogens is 4. The van der Waals surface area contributed by atoms with Gasteiger partial charge in [0.15, 0.2) is 5.82 Å². The molecule has 2 fully saturated rings. The number of hydrogen-bond donors (Lipinski definition) is 1. The molecular weight excluding hydrogens is 410 g/mol. The molecule has 2 aromatic heterocycles. The van der Waals surface area contributed by atoms with Crippen molar-refractivity contribution in [3.05, 3.63) is 28.7 Å². The number of rotatable bonds is 4. The number of piperazine rings is 1. The standard InChI is InChI=1S/C22H31N7O3/c1-14-18(15(2)32-26-14)22(31)28-9-8-27-10-11-29-19(17(27)13-28)24-25-20(29)21(30)23-12-16-6-4-3-5-7-16/h16-17H,3-13H2,1-2H3,(H,23,30)/t17-/m0/s1. The predicted molar refractivity (Wildman–Crippen MR) is 115 cm³/mol. The van der Waals surface area contributed by atoms with E-state index >= 15 is 0 Å². The molecule has 1 saturated heterocycles. The first-order valence-electron chi connectivity index (χ1n) is 11.7. The van der Waals surface area contributed by atoms with Gasteiger partial charge in [0.05, 0.1) is 11.7 Å². The number of fused-ring (bicyclic) bond motifs is 3. The highest BCUT2D eigenvalue weighted by atomic mass is 16.5. The van der Waals surface area contributed by atoms with Gasteiger partial charge in [0.2, 0.25) is 5.82 Å². The second-order valence-corrected chi connectivity index (χ2v) is 9.25. The number of carbonyl (C=O) groups is 2. The highest BCUT2D eigenvalue weighted by Gasteiger charge is 2.39. The fraction of sp³-hybridized carbons (Fsp3) is 0.682. The maximum Gasteiger partial charge on any atom is 0.289 e. The summed E-state index contributed by atoms with van der Waals surface area (Å²) in [6.45, 7) is 7.66. The van der Waals surface area contributed by atoms with Crippen molar-refractivity contribution >= 4 is 11.8 Å². The Kier molecular flexibility index (Phi) is 5.71. The van der Waals surface area contributed by atoms with E-state index in [0.29, 0.717) is 54.9 Å². The summed E-state index contributed by atoms with van der Waals surface area (Å²) < 4.78 is 7.12. The average Bonchev–Trinajstić information content (AvgIpc) is 3.40. The third-order valence-electron chi connectivity index (χ3n) is 7.19. The van der Waals surface area contributed by atoms with Crippen LogP contribution in [0.3, 0.4) is 0 Å². The maximum absolute atomic E-state index is 13.1. The topological polar surface area (TPSA) is 109 Å². The summed E-state index contributed by atoms with van der Waals surface area (Å²) in [5, 5.41) is 15.6. The molecule has 1 saturated carbocycles. The third kappa shape index (κ3) is 3.80. The molecule has 0 unspecified atom stereocenters. The Morgan fingerprint density at radius 1 is 1.06 bits per heavy atom. The zero-order chi connectivity index (χ0) is 22.2. The van der Waals surface area contributed by atoms with E-state index < -0.39 is 0 Å². The molecule has 5 rings (SSSR count). The van der Waals surface area contributed by atoms with E-state index in [9.17, 15) is 9.59 Å². The van der Waals surface area contributed by atoms with Crippen molar-refractivity contribution in [2.45, 2.75) is 58.5 Å². The summed E-state index contributed by atoms with van der Waals surface area (Å²) in [5.41, 5.74) is 1.15. The number of carbonyl (C=O) groups excluding carboxylic acids is 2. The van der Waals surface area contributed by atoms with E-state index in [0.717, 1.165) is 18.9 Å². The van der Waals surface area contributed by atoms with E-state index in [4.69, 9.17) is 4.52 Å². The van der Waals surface area contributed by atoms with Crippen LogP contribution < -0.4 is 5.32 Å². The molecule has 3 aliphatic rings. The summed E-state index contributed by atoms with van der Waals surface area (Å²) in [6.07, 6.45) is 6.17. The van der Waals surface area contributed by atoms with E-state index in [1.54, 1.807) is 13.8 Å². The molecule has 2 aromatic rings. The van der Waals surface area contributed by atoms with Crippen molar-refractivity contribution in [3.8, 4) is 0 Å².